The summed E-state index contributed by atoms with van der Waals surface area (Å²) in [5, 5.41) is 2.38. The molecule has 0 fully saturated rings. The minimum atomic E-state index is 1.08. The first-order valence-corrected chi connectivity index (χ1v) is 21.3. The largest absolute Gasteiger partial charge is 0.309 e. The Bertz CT molecular complexity index is 3300. The van der Waals surface area contributed by atoms with E-state index in [1.54, 1.807) is 0 Å². The number of nitrogens with zero attached hydrogens (tertiary/aromatic N) is 2. The maximum atomic E-state index is 2.48. The predicted molar refractivity (Wildman–Crippen MR) is 263 cm³/mol. The molecule has 2 nitrogen and oxygen atoms in total. The second-order valence-corrected chi connectivity index (χ2v) is 15.7. The van der Waals surface area contributed by atoms with E-state index in [2.05, 4.69) is 264 Å². The van der Waals surface area contributed by atoms with Gasteiger partial charge in [-0.2, -0.15) is 0 Å². The van der Waals surface area contributed by atoms with Crippen LogP contribution in [-0.2, 0) is 0 Å². The normalized spacial score (nSPS) is 11.2. The summed E-state index contributed by atoms with van der Waals surface area (Å²) in [4.78, 5) is 2.48. The maximum Gasteiger partial charge on any atom is 0.0562 e. The van der Waals surface area contributed by atoms with Crippen molar-refractivity contribution in [2.75, 3.05) is 4.90 Å². The molecule has 1 heterocycles. The van der Waals surface area contributed by atoms with Crippen LogP contribution in [0.15, 0.2) is 255 Å². The van der Waals surface area contributed by atoms with Crippen molar-refractivity contribution in [1.29, 1.82) is 0 Å². The predicted octanol–water partition coefficient (Wildman–Crippen LogP) is 16.6. The quantitative estimate of drug-likeness (QED) is 0.141. The molecule has 0 aliphatic rings. The average Bonchev–Trinajstić information content (AvgIpc) is 3.70. The highest BCUT2D eigenvalue weighted by Gasteiger charge is 2.24. The van der Waals surface area contributed by atoms with Crippen molar-refractivity contribution >= 4 is 38.9 Å². The molecule has 0 saturated heterocycles. The molecule has 2 heteroatoms. The van der Waals surface area contributed by atoms with Gasteiger partial charge in [-0.3, -0.25) is 0 Å². The van der Waals surface area contributed by atoms with E-state index in [4.69, 9.17) is 0 Å². The molecule has 292 valence electrons. The molecule has 0 bridgehead atoms. The first kappa shape index (κ1) is 36.8. The highest BCUT2D eigenvalue weighted by atomic mass is 15.2. The highest BCUT2D eigenvalue weighted by molar-refractivity contribution is 6.17. The molecular formula is C60H42N2. The fraction of sp³-hybridized carbons (Fsp3) is 0. The molecule has 0 radical (unpaired) electrons. The zero-order valence-electron chi connectivity index (χ0n) is 34.1. The van der Waals surface area contributed by atoms with Crippen LogP contribution in [0.2, 0.25) is 0 Å². The monoisotopic (exact) mass is 790 g/mol. The summed E-state index contributed by atoms with van der Waals surface area (Å²) < 4.78 is 2.45. The number of anilines is 3. The summed E-state index contributed by atoms with van der Waals surface area (Å²) >= 11 is 0. The van der Waals surface area contributed by atoms with E-state index in [1.165, 1.54) is 49.7 Å². The first-order chi connectivity index (χ1) is 30.8. The van der Waals surface area contributed by atoms with Crippen LogP contribution in [0.4, 0.5) is 17.1 Å². The Hall–Kier alpha value is -8.20. The van der Waals surface area contributed by atoms with Gasteiger partial charge in [0, 0.05) is 27.7 Å². The van der Waals surface area contributed by atoms with Crippen molar-refractivity contribution in [1.82, 2.24) is 4.57 Å². The third kappa shape index (κ3) is 6.74. The lowest BCUT2D eigenvalue weighted by molar-refractivity contribution is 1.18. The number of para-hydroxylation sites is 1. The third-order valence-corrected chi connectivity index (χ3v) is 12.0. The SMILES string of the molecule is c1ccc(-c2ccc(N(c3cc(-c4ccccc4)ccc3-c3ccccc3)c3cccc4c3c3ccccc3n4-c3ccc(-c4ccccc4)c(-c4ccccc4)c3)cc2)cc1. The molecule has 0 atom stereocenters. The maximum absolute atomic E-state index is 2.48. The van der Waals surface area contributed by atoms with Crippen LogP contribution in [0.25, 0.3) is 83.1 Å². The van der Waals surface area contributed by atoms with E-state index in [0.717, 1.165) is 50.5 Å². The molecule has 62 heavy (non-hydrogen) atoms. The summed E-state index contributed by atoms with van der Waals surface area (Å²) in [5.41, 5.74) is 18.5. The summed E-state index contributed by atoms with van der Waals surface area (Å²) in [7, 11) is 0. The van der Waals surface area contributed by atoms with E-state index in [9.17, 15) is 0 Å². The molecule has 0 unspecified atom stereocenters. The van der Waals surface area contributed by atoms with Crippen LogP contribution in [0.5, 0.6) is 0 Å². The molecule has 0 saturated carbocycles. The zero-order valence-corrected chi connectivity index (χ0v) is 34.1. The van der Waals surface area contributed by atoms with Crippen LogP contribution >= 0.6 is 0 Å². The van der Waals surface area contributed by atoms with Crippen molar-refractivity contribution in [2.24, 2.45) is 0 Å². The Labute approximate surface area is 362 Å². The Morgan fingerprint density at radius 2 is 0.742 bits per heavy atom. The van der Waals surface area contributed by atoms with Crippen LogP contribution in [-0.4, -0.2) is 4.57 Å². The molecule has 10 aromatic carbocycles. The molecular weight excluding hydrogens is 749 g/mol. The van der Waals surface area contributed by atoms with E-state index in [0.29, 0.717) is 0 Å². The summed E-state index contributed by atoms with van der Waals surface area (Å²) in [6.07, 6.45) is 0. The molecule has 11 aromatic rings. The minimum Gasteiger partial charge on any atom is -0.309 e. The van der Waals surface area contributed by atoms with E-state index in [1.807, 2.05) is 0 Å². The van der Waals surface area contributed by atoms with Gasteiger partial charge >= 0.3 is 0 Å². The molecule has 1 aromatic heterocycles. The lowest BCUT2D eigenvalue weighted by Gasteiger charge is -2.29. The van der Waals surface area contributed by atoms with Gasteiger partial charge < -0.3 is 9.47 Å². The van der Waals surface area contributed by atoms with Crippen molar-refractivity contribution in [2.45, 2.75) is 0 Å². The summed E-state index contributed by atoms with van der Waals surface area (Å²) in [6, 6.07) is 92.2. The molecule has 0 N–H and O–H groups in total. The Morgan fingerprint density at radius 1 is 0.274 bits per heavy atom. The summed E-state index contributed by atoms with van der Waals surface area (Å²) in [5.74, 6) is 0. The smallest absolute Gasteiger partial charge is 0.0562 e. The molecule has 0 spiro atoms. The van der Waals surface area contributed by atoms with Gasteiger partial charge in [0.25, 0.3) is 0 Å². The third-order valence-electron chi connectivity index (χ3n) is 12.0. The van der Waals surface area contributed by atoms with Gasteiger partial charge in [-0.05, 0) is 98.6 Å². The van der Waals surface area contributed by atoms with Crippen molar-refractivity contribution in [3.63, 3.8) is 0 Å². The molecule has 0 amide bonds. The molecule has 0 aliphatic carbocycles. The molecule has 11 rings (SSSR count). The number of hydrogen-bond donors (Lipinski definition) is 0. The van der Waals surface area contributed by atoms with Gasteiger partial charge in [-0.15, -0.1) is 0 Å². The van der Waals surface area contributed by atoms with Crippen molar-refractivity contribution in [3.8, 4) is 61.3 Å². The second kappa shape index (κ2) is 16.1. The Morgan fingerprint density at radius 3 is 1.37 bits per heavy atom. The average molecular weight is 791 g/mol. The molecule has 0 aliphatic heterocycles. The van der Waals surface area contributed by atoms with Crippen LogP contribution in [0.1, 0.15) is 0 Å². The van der Waals surface area contributed by atoms with Gasteiger partial charge in [-0.25, -0.2) is 0 Å². The van der Waals surface area contributed by atoms with Gasteiger partial charge in [0.1, 0.15) is 0 Å². The van der Waals surface area contributed by atoms with Crippen LogP contribution < -0.4 is 4.90 Å². The second-order valence-electron chi connectivity index (χ2n) is 15.7. The van der Waals surface area contributed by atoms with E-state index in [-0.39, 0.29) is 0 Å². The lowest BCUT2D eigenvalue weighted by atomic mass is 9.94. The van der Waals surface area contributed by atoms with Gasteiger partial charge in [0.05, 0.1) is 22.4 Å². The van der Waals surface area contributed by atoms with Gasteiger partial charge in [0.15, 0.2) is 0 Å². The summed E-state index contributed by atoms with van der Waals surface area (Å²) in [6.45, 7) is 0. The van der Waals surface area contributed by atoms with Crippen LogP contribution in [0, 0.1) is 0 Å². The van der Waals surface area contributed by atoms with E-state index < -0.39 is 0 Å². The van der Waals surface area contributed by atoms with Crippen LogP contribution in [0.3, 0.4) is 0 Å². The first-order valence-electron chi connectivity index (χ1n) is 21.3. The Balaban J connectivity index is 1.18. The Kier molecular flexibility index (Phi) is 9.57. The standard InChI is InChI=1S/C60H42N2/c1-6-19-43(20-7-1)45-33-36-50(37-34-45)61(59-41-49(44-21-8-2-9-22-44)35-39-53(59)47-25-12-4-13-26-47)57-31-18-32-58-60(57)54-29-16-17-30-56(54)62(58)51-38-40-52(46-23-10-3-11-24-46)55(42-51)48-27-14-5-15-28-48/h1-42H. The van der Waals surface area contributed by atoms with E-state index >= 15 is 0 Å². The van der Waals surface area contributed by atoms with Gasteiger partial charge in [0.2, 0.25) is 0 Å². The topological polar surface area (TPSA) is 8.17 Å². The van der Waals surface area contributed by atoms with Gasteiger partial charge in [-0.1, -0.05) is 206 Å². The fourth-order valence-corrected chi connectivity index (χ4v) is 9.09. The minimum absolute atomic E-state index is 1.08. The number of benzene rings is 10. The van der Waals surface area contributed by atoms with Crippen molar-refractivity contribution in [3.05, 3.63) is 255 Å². The number of hydrogen-bond acceptors (Lipinski definition) is 1. The lowest BCUT2D eigenvalue weighted by Crippen LogP contribution is -2.12. The number of fused-ring (bicyclic) bond motifs is 3. The highest BCUT2D eigenvalue weighted by Crippen LogP contribution is 2.48. The number of aromatic nitrogens is 1. The van der Waals surface area contributed by atoms with Crippen molar-refractivity contribution < 1.29 is 0 Å². The zero-order chi connectivity index (χ0) is 41.2. The fourth-order valence-electron chi connectivity index (χ4n) is 9.09. The number of rotatable bonds is 9.